The molecule has 2 fully saturated rings. The maximum atomic E-state index is 12.4. The molecule has 3 rings (SSSR count). The van der Waals surface area contributed by atoms with Crippen molar-refractivity contribution in [1.29, 1.82) is 0 Å². The van der Waals surface area contributed by atoms with Crippen LogP contribution in [0.2, 0.25) is 0 Å². The molecule has 2 aliphatic carbocycles. The molecule has 142 valence electrons. The molecule has 5 nitrogen and oxygen atoms in total. The second-order valence-corrected chi connectivity index (χ2v) is 7.85. The van der Waals surface area contributed by atoms with Crippen LogP contribution in [0.1, 0.15) is 56.9 Å². The largest absolute Gasteiger partial charge is 0.326 e. The molecule has 0 saturated heterocycles. The van der Waals surface area contributed by atoms with Crippen LogP contribution in [0.5, 0.6) is 0 Å². The summed E-state index contributed by atoms with van der Waals surface area (Å²) in [5.74, 6) is 0.240. The molecule has 2 N–H and O–H groups in total. The second-order valence-electron chi connectivity index (χ2n) is 7.85. The Morgan fingerprint density at radius 1 is 1.00 bits per heavy atom. The van der Waals surface area contributed by atoms with Crippen LogP contribution in [0.25, 0.3) is 0 Å². The first kappa shape index (κ1) is 18.9. The number of likely N-dealkylation sites (N-methyl/N-ethyl adjacent to an activating group) is 1. The molecule has 0 unspecified atom stereocenters. The molecule has 0 radical (unpaired) electrons. The number of carbonyl (C=O) groups is 2. The fourth-order valence-electron chi connectivity index (χ4n) is 4.22. The van der Waals surface area contributed by atoms with E-state index in [9.17, 15) is 9.59 Å². The molecule has 0 bridgehead atoms. The van der Waals surface area contributed by atoms with Gasteiger partial charge in [0.25, 0.3) is 0 Å². The van der Waals surface area contributed by atoms with Gasteiger partial charge in [0.2, 0.25) is 11.8 Å². The summed E-state index contributed by atoms with van der Waals surface area (Å²) in [6.07, 6.45) is 9.14. The van der Waals surface area contributed by atoms with Gasteiger partial charge in [-0.1, -0.05) is 31.7 Å². The number of carbonyl (C=O) groups excluding carboxylic acids is 2. The quantitative estimate of drug-likeness (QED) is 0.811. The van der Waals surface area contributed by atoms with Crippen molar-refractivity contribution in [3.05, 3.63) is 23.8 Å². The van der Waals surface area contributed by atoms with Gasteiger partial charge >= 0.3 is 0 Å². The van der Waals surface area contributed by atoms with Crippen LogP contribution in [0.15, 0.2) is 18.2 Å². The van der Waals surface area contributed by atoms with Gasteiger partial charge < -0.3 is 10.6 Å². The van der Waals surface area contributed by atoms with Gasteiger partial charge in [0.15, 0.2) is 0 Å². The second kappa shape index (κ2) is 8.67. The van der Waals surface area contributed by atoms with Gasteiger partial charge in [0, 0.05) is 23.3 Å². The van der Waals surface area contributed by atoms with Gasteiger partial charge in [-0.05, 0) is 57.4 Å². The zero-order valence-electron chi connectivity index (χ0n) is 16.0. The average Bonchev–Trinajstić information content (AvgIpc) is 3.31. The summed E-state index contributed by atoms with van der Waals surface area (Å²) >= 11 is 0. The van der Waals surface area contributed by atoms with E-state index in [0.717, 1.165) is 42.6 Å². The van der Waals surface area contributed by atoms with E-state index in [1.807, 2.05) is 32.2 Å². The highest BCUT2D eigenvalue weighted by Crippen LogP contribution is 2.28. The van der Waals surface area contributed by atoms with Crippen LogP contribution in [0.4, 0.5) is 11.4 Å². The van der Waals surface area contributed by atoms with Crippen molar-refractivity contribution < 1.29 is 9.59 Å². The minimum atomic E-state index is 0.00164. The molecule has 0 aliphatic heterocycles. The van der Waals surface area contributed by atoms with E-state index < -0.39 is 0 Å². The Kier molecular flexibility index (Phi) is 6.30. The summed E-state index contributed by atoms with van der Waals surface area (Å²) < 4.78 is 0. The van der Waals surface area contributed by atoms with E-state index in [1.54, 1.807) is 0 Å². The number of hydrogen-bond donors (Lipinski definition) is 2. The first-order valence-electron chi connectivity index (χ1n) is 9.95. The van der Waals surface area contributed by atoms with Gasteiger partial charge in [-0.2, -0.15) is 0 Å². The van der Waals surface area contributed by atoms with E-state index in [0.29, 0.717) is 12.6 Å². The Morgan fingerprint density at radius 2 is 1.58 bits per heavy atom. The van der Waals surface area contributed by atoms with E-state index in [-0.39, 0.29) is 17.7 Å². The predicted octanol–water partition coefficient (Wildman–Crippen LogP) is 3.94. The number of benzene rings is 1. The average molecular weight is 357 g/mol. The van der Waals surface area contributed by atoms with Crippen LogP contribution < -0.4 is 10.6 Å². The van der Waals surface area contributed by atoms with E-state index in [1.165, 1.54) is 25.7 Å². The van der Waals surface area contributed by atoms with Crippen molar-refractivity contribution in [2.24, 2.45) is 5.92 Å². The topological polar surface area (TPSA) is 61.4 Å². The monoisotopic (exact) mass is 357 g/mol. The number of hydrogen-bond acceptors (Lipinski definition) is 3. The third kappa shape index (κ3) is 4.64. The zero-order chi connectivity index (χ0) is 18.5. The molecule has 0 aromatic heterocycles. The maximum Gasteiger partial charge on any atom is 0.238 e. The van der Waals surface area contributed by atoms with E-state index in [4.69, 9.17) is 0 Å². The third-order valence-electron chi connectivity index (χ3n) is 5.93. The number of nitrogens with zero attached hydrogens (tertiary/aromatic N) is 1. The van der Waals surface area contributed by atoms with Crippen LogP contribution >= 0.6 is 0 Å². The smallest absolute Gasteiger partial charge is 0.238 e. The number of amides is 2. The molecule has 26 heavy (non-hydrogen) atoms. The van der Waals surface area contributed by atoms with Gasteiger partial charge in [-0.15, -0.1) is 0 Å². The summed E-state index contributed by atoms with van der Waals surface area (Å²) in [5, 5.41) is 6.07. The summed E-state index contributed by atoms with van der Waals surface area (Å²) in [7, 11) is 2.03. The predicted molar refractivity (Wildman–Crippen MR) is 105 cm³/mol. The number of rotatable bonds is 6. The highest BCUT2D eigenvalue weighted by atomic mass is 16.2. The molecular weight excluding hydrogens is 326 g/mol. The molecule has 5 heteroatoms. The summed E-state index contributed by atoms with van der Waals surface area (Å²) in [6.45, 7) is 2.35. The number of anilines is 2. The SMILES string of the molecule is Cc1c(NC(=O)CN(C)C2CCCC2)cccc1NC(=O)C1CCCC1. The highest BCUT2D eigenvalue weighted by molar-refractivity contribution is 5.97. The molecule has 0 spiro atoms. The maximum absolute atomic E-state index is 12.4. The third-order valence-corrected chi connectivity index (χ3v) is 5.93. The molecule has 1 aromatic carbocycles. The van der Waals surface area contributed by atoms with Gasteiger partial charge in [0.1, 0.15) is 0 Å². The Hall–Kier alpha value is -1.88. The standard InChI is InChI=1S/C21H31N3O2/c1-15-18(22-20(25)14-24(2)17-10-5-6-11-17)12-7-13-19(15)23-21(26)16-8-3-4-9-16/h7,12-13,16-17H,3-6,8-11,14H2,1-2H3,(H,22,25)(H,23,26). The van der Waals surface area contributed by atoms with Crippen LogP contribution in [0, 0.1) is 12.8 Å². The zero-order valence-corrected chi connectivity index (χ0v) is 16.0. The van der Waals surface area contributed by atoms with Crippen molar-refractivity contribution in [3.8, 4) is 0 Å². The van der Waals surface area contributed by atoms with Crippen molar-refractivity contribution in [2.75, 3.05) is 24.2 Å². The molecule has 2 amide bonds. The molecule has 2 saturated carbocycles. The Bertz CT molecular complexity index is 647. The van der Waals surface area contributed by atoms with Gasteiger partial charge in [-0.25, -0.2) is 0 Å². The molecule has 2 aliphatic rings. The lowest BCUT2D eigenvalue weighted by atomic mass is 10.1. The lowest BCUT2D eigenvalue weighted by molar-refractivity contribution is -0.119. The van der Waals surface area contributed by atoms with Gasteiger partial charge in [-0.3, -0.25) is 14.5 Å². The lowest BCUT2D eigenvalue weighted by Crippen LogP contribution is -2.36. The van der Waals surface area contributed by atoms with Crippen LogP contribution in [-0.2, 0) is 9.59 Å². The highest BCUT2D eigenvalue weighted by Gasteiger charge is 2.24. The summed E-state index contributed by atoms with van der Waals surface area (Å²) in [6, 6.07) is 6.21. The summed E-state index contributed by atoms with van der Waals surface area (Å²) in [4.78, 5) is 27.0. The first-order valence-corrected chi connectivity index (χ1v) is 9.95. The van der Waals surface area contributed by atoms with E-state index in [2.05, 4.69) is 15.5 Å². The normalized spacial score (nSPS) is 18.4. The minimum Gasteiger partial charge on any atom is -0.326 e. The molecule has 0 heterocycles. The fourth-order valence-corrected chi connectivity index (χ4v) is 4.22. The first-order chi connectivity index (χ1) is 12.5. The van der Waals surface area contributed by atoms with Crippen LogP contribution in [0.3, 0.4) is 0 Å². The van der Waals surface area contributed by atoms with E-state index >= 15 is 0 Å². The van der Waals surface area contributed by atoms with Crippen molar-refractivity contribution >= 4 is 23.2 Å². The fraction of sp³-hybridized carbons (Fsp3) is 0.619. The molecular formula is C21H31N3O2. The Labute approximate surface area is 156 Å². The molecule has 1 aromatic rings. The minimum absolute atomic E-state index is 0.00164. The van der Waals surface area contributed by atoms with Crippen molar-refractivity contribution in [2.45, 2.75) is 64.3 Å². The van der Waals surface area contributed by atoms with Crippen LogP contribution in [-0.4, -0.2) is 36.3 Å². The van der Waals surface area contributed by atoms with Crippen molar-refractivity contribution in [1.82, 2.24) is 4.90 Å². The summed E-state index contributed by atoms with van der Waals surface area (Å²) in [5.41, 5.74) is 2.48. The Balaban J connectivity index is 1.59. The molecule has 0 atom stereocenters. The lowest BCUT2D eigenvalue weighted by Gasteiger charge is -2.23. The van der Waals surface area contributed by atoms with Crippen molar-refractivity contribution in [3.63, 3.8) is 0 Å². The van der Waals surface area contributed by atoms with Gasteiger partial charge in [0.05, 0.1) is 6.54 Å². The number of nitrogens with one attached hydrogen (secondary N) is 2. The Morgan fingerprint density at radius 3 is 2.23 bits per heavy atom.